The predicted octanol–water partition coefficient (Wildman–Crippen LogP) is -0.907. The first kappa shape index (κ1) is 29.9. The minimum absolute atomic E-state index is 0.0105. The summed E-state index contributed by atoms with van der Waals surface area (Å²) >= 11 is 0. The molecule has 1 aliphatic carbocycles. The quantitative estimate of drug-likeness (QED) is 0.192. The first-order chi connectivity index (χ1) is 19.1. The summed E-state index contributed by atoms with van der Waals surface area (Å²) in [5.41, 5.74) is 0.724. The van der Waals surface area contributed by atoms with E-state index in [2.05, 4.69) is 0 Å². The number of fused-ring (bicyclic) bond motifs is 1. The molecule has 1 saturated heterocycles. The number of rotatable bonds is 8. The third-order valence-corrected chi connectivity index (χ3v) is 7.56. The lowest BCUT2D eigenvalue weighted by Gasteiger charge is -2.43. The number of benzene rings is 1. The molecule has 11 unspecified atom stereocenters. The normalized spacial score (nSPS) is 37.3. The van der Waals surface area contributed by atoms with Crippen molar-refractivity contribution < 1.29 is 63.5 Å². The summed E-state index contributed by atoms with van der Waals surface area (Å²) in [4.78, 5) is 24.5. The highest BCUT2D eigenvalue weighted by Crippen LogP contribution is 2.47. The van der Waals surface area contributed by atoms with Crippen LogP contribution >= 0.6 is 0 Å². The minimum atomic E-state index is -1.73. The van der Waals surface area contributed by atoms with Crippen LogP contribution in [0, 0.1) is 17.8 Å². The van der Waals surface area contributed by atoms with Crippen LogP contribution in [-0.2, 0) is 33.3 Å². The van der Waals surface area contributed by atoms with Crippen molar-refractivity contribution in [1.29, 1.82) is 0 Å². The average molecular weight is 567 g/mol. The van der Waals surface area contributed by atoms with Gasteiger partial charge in [-0.25, -0.2) is 9.59 Å². The SMILES string of the molecule is COC(=O)C1=COC(OC2OC(COC(=O)C=Cc3ccc(OC)cc3)C(O)C(O)C2O)C2C(C)C(O)C(O)C12. The van der Waals surface area contributed by atoms with Crippen LogP contribution in [0.25, 0.3) is 6.08 Å². The van der Waals surface area contributed by atoms with Crippen LogP contribution in [0.2, 0.25) is 0 Å². The molecule has 40 heavy (non-hydrogen) atoms. The zero-order valence-corrected chi connectivity index (χ0v) is 22.1. The van der Waals surface area contributed by atoms with E-state index < -0.39 is 85.5 Å². The molecule has 220 valence electrons. The van der Waals surface area contributed by atoms with Gasteiger partial charge < -0.3 is 54.0 Å². The molecule has 3 aliphatic rings. The molecule has 4 rings (SSSR count). The van der Waals surface area contributed by atoms with E-state index in [4.69, 9.17) is 28.4 Å². The molecule has 0 amide bonds. The van der Waals surface area contributed by atoms with Crippen LogP contribution in [0.4, 0.5) is 0 Å². The van der Waals surface area contributed by atoms with E-state index in [0.29, 0.717) is 11.3 Å². The summed E-state index contributed by atoms with van der Waals surface area (Å²) in [5, 5.41) is 52.5. The van der Waals surface area contributed by atoms with E-state index in [1.165, 1.54) is 26.4 Å². The van der Waals surface area contributed by atoms with Crippen molar-refractivity contribution >= 4 is 18.0 Å². The van der Waals surface area contributed by atoms with Gasteiger partial charge in [-0.3, -0.25) is 0 Å². The van der Waals surface area contributed by atoms with E-state index in [1.54, 1.807) is 31.2 Å². The molecule has 1 aromatic rings. The molecular formula is C27H34O13. The highest BCUT2D eigenvalue weighted by molar-refractivity contribution is 5.89. The smallest absolute Gasteiger partial charge is 0.337 e. The highest BCUT2D eigenvalue weighted by Gasteiger charge is 2.57. The third-order valence-electron chi connectivity index (χ3n) is 7.56. The number of hydrogen-bond acceptors (Lipinski definition) is 13. The first-order valence-electron chi connectivity index (χ1n) is 12.7. The van der Waals surface area contributed by atoms with E-state index in [1.807, 2.05) is 0 Å². The lowest BCUT2D eigenvalue weighted by atomic mass is 9.82. The first-order valence-corrected chi connectivity index (χ1v) is 12.7. The van der Waals surface area contributed by atoms with Crippen LogP contribution < -0.4 is 4.74 Å². The Labute approximate surface area is 230 Å². The number of aliphatic hydroxyl groups is 5. The lowest BCUT2D eigenvalue weighted by Crippen LogP contribution is -2.60. The average Bonchev–Trinajstić information content (AvgIpc) is 3.20. The number of esters is 2. The second-order valence-electron chi connectivity index (χ2n) is 9.90. The monoisotopic (exact) mass is 566 g/mol. The number of hydrogen-bond donors (Lipinski definition) is 5. The fourth-order valence-electron chi connectivity index (χ4n) is 5.24. The van der Waals surface area contributed by atoms with Gasteiger partial charge in [0.25, 0.3) is 0 Å². The number of carbonyl (C=O) groups is 2. The van der Waals surface area contributed by atoms with Crippen LogP contribution in [0.5, 0.6) is 5.75 Å². The molecule has 1 aromatic carbocycles. The molecule has 2 aliphatic heterocycles. The third kappa shape index (κ3) is 6.00. The van der Waals surface area contributed by atoms with E-state index in [0.717, 1.165) is 6.26 Å². The number of carbonyl (C=O) groups excluding carboxylic acids is 2. The van der Waals surface area contributed by atoms with Gasteiger partial charge in [0.15, 0.2) is 6.29 Å². The molecule has 1 saturated carbocycles. The second-order valence-corrected chi connectivity index (χ2v) is 9.90. The zero-order chi connectivity index (χ0) is 29.1. The fourth-order valence-corrected chi connectivity index (χ4v) is 5.24. The largest absolute Gasteiger partial charge is 0.497 e. The molecule has 0 aromatic heterocycles. The highest BCUT2D eigenvalue weighted by atomic mass is 16.8. The van der Waals surface area contributed by atoms with Gasteiger partial charge in [-0.1, -0.05) is 19.1 Å². The van der Waals surface area contributed by atoms with Crippen molar-refractivity contribution in [2.45, 2.75) is 56.1 Å². The van der Waals surface area contributed by atoms with E-state index in [-0.39, 0.29) is 5.57 Å². The Morgan fingerprint density at radius 2 is 1.62 bits per heavy atom. The van der Waals surface area contributed by atoms with Crippen LogP contribution in [0.15, 0.2) is 42.2 Å². The molecule has 5 N–H and O–H groups in total. The summed E-state index contributed by atoms with van der Waals surface area (Å²) in [7, 11) is 2.71. The Morgan fingerprint density at radius 3 is 2.27 bits per heavy atom. The van der Waals surface area contributed by atoms with Gasteiger partial charge in [-0.2, -0.15) is 0 Å². The zero-order valence-electron chi connectivity index (χ0n) is 22.1. The predicted molar refractivity (Wildman–Crippen MR) is 134 cm³/mol. The Morgan fingerprint density at radius 1 is 0.925 bits per heavy atom. The molecule has 0 spiro atoms. The van der Waals surface area contributed by atoms with E-state index >= 15 is 0 Å². The summed E-state index contributed by atoms with van der Waals surface area (Å²) in [5.74, 6) is -3.10. The Bertz CT molecular complexity index is 1100. The summed E-state index contributed by atoms with van der Waals surface area (Å²) < 4.78 is 32.1. The molecular weight excluding hydrogens is 532 g/mol. The summed E-state index contributed by atoms with van der Waals surface area (Å²) in [6.07, 6.45) is -7.91. The maximum atomic E-state index is 12.2. The van der Waals surface area contributed by atoms with Crippen molar-refractivity contribution in [3.05, 3.63) is 47.7 Å². The Balaban J connectivity index is 1.42. The van der Waals surface area contributed by atoms with Crippen molar-refractivity contribution in [2.24, 2.45) is 17.8 Å². The second kappa shape index (κ2) is 12.6. The summed E-state index contributed by atoms with van der Waals surface area (Å²) in [6.45, 7) is 1.16. The van der Waals surface area contributed by atoms with Crippen LogP contribution in [0.3, 0.4) is 0 Å². The molecule has 0 bridgehead atoms. The van der Waals surface area contributed by atoms with Crippen LogP contribution in [-0.4, -0.2) is 108 Å². The molecule has 13 heteroatoms. The lowest BCUT2D eigenvalue weighted by molar-refractivity contribution is -0.343. The van der Waals surface area contributed by atoms with Crippen molar-refractivity contribution in [3.63, 3.8) is 0 Å². The summed E-state index contributed by atoms with van der Waals surface area (Å²) in [6, 6.07) is 6.92. The van der Waals surface area contributed by atoms with Gasteiger partial charge in [-0.15, -0.1) is 0 Å². The van der Waals surface area contributed by atoms with Gasteiger partial charge in [-0.05, 0) is 29.7 Å². The van der Waals surface area contributed by atoms with Crippen molar-refractivity contribution in [3.8, 4) is 5.75 Å². The van der Waals surface area contributed by atoms with Gasteiger partial charge in [0.1, 0.15) is 36.8 Å². The number of ether oxygens (including phenoxy) is 6. The molecule has 2 fully saturated rings. The topological polar surface area (TPSA) is 191 Å². The van der Waals surface area contributed by atoms with Crippen LogP contribution in [0.1, 0.15) is 12.5 Å². The Hall–Kier alpha value is -3.04. The van der Waals surface area contributed by atoms with Crippen molar-refractivity contribution in [2.75, 3.05) is 20.8 Å². The van der Waals surface area contributed by atoms with Gasteiger partial charge in [0, 0.05) is 17.9 Å². The van der Waals surface area contributed by atoms with Gasteiger partial charge >= 0.3 is 11.9 Å². The molecule has 2 heterocycles. The maximum Gasteiger partial charge on any atom is 0.337 e. The molecule has 11 atom stereocenters. The Kier molecular flexibility index (Phi) is 9.46. The van der Waals surface area contributed by atoms with Gasteiger partial charge in [0.2, 0.25) is 6.29 Å². The molecule has 13 nitrogen and oxygen atoms in total. The maximum absolute atomic E-state index is 12.2. The van der Waals surface area contributed by atoms with Crippen molar-refractivity contribution in [1.82, 2.24) is 0 Å². The number of methoxy groups -OCH3 is 2. The van der Waals surface area contributed by atoms with Gasteiger partial charge in [0.05, 0.1) is 38.3 Å². The van der Waals surface area contributed by atoms with E-state index in [9.17, 15) is 35.1 Å². The fraction of sp³-hybridized carbons (Fsp3) is 0.556. The minimum Gasteiger partial charge on any atom is -0.497 e. The standard InChI is InChI=1S/C27H34O13/c1-12-18-19(22(31)20(12)29)15(25(34)36-3)10-38-26(18)40-27-24(33)23(32)21(30)16(39-27)11-37-17(28)9-6-13-4-7-14(35-2)8-5-13/h4-10,12,16,18-24,26-27,29-33H,11H2,1-3H3. The molecule has 0 radical (unpaired) electrons. The number of aliphatic hydroxyl groups excluding tert-OH is 5.